The highest BCUT2D eigenvalue weighted by Crippen LogP contribution is 2.40. The summed E-state index contributed by atoms with van der Waals surface area (Å²) < 4.78 is 11.7. The molecule has 4 heteroatoms. The Hall–Kier alpha value is -2.46. The number of ether oxygens (including phenoxy) is 2. The van der Waals surface area contributed by atoms with E-state index in [2.05, 4.69) is 0 Å². The summed E-state index contributed by atoms with van der Waals surface area (Å²) in [6.45, 7) is 5.36. The van der Waals surface area contributed by atoms with Crippen molar-refractivity contribution in [2.24, 2.45) is 0 Å². The van der Waals surface area contributed by atoms with Crippen molar-refractivity contribution < 1.29 is 19.1 Å². The van der Waals surface area contributed by atoms with Crippen LogP contribution in [0.4, 0.5) is 0 Å². The fourth-order valence-electron chi connectivity index (χ4n) is 3.16. The molecule has 2 atom stereocenters. The Morgan fingerprint density at radius 1 is 1.08 bits per heavy atom. The Balaban J connectivity index is 1.95. The molecule has 136 valence electrons. The summed E-state index contributed by atoms with van der Waals surface area (Å²) >= 11 is 0. The van der Waals surface area contributed by atoms with Crippen LogP contribution in [0.5, 0.6) is 0 Å². The molecule has 1 fully saturated rings. The summed E-state index contributed by atoms with van der Waals surface area (Å²) in [5.74, 6) is -0.846. The van der Waals surface area contributed by atoms with E-state index in [1.807, 2.05) is 60.7 Å². The molecule has 0 amide bonds. The van der Waals surface area contributed by atoms with Crippen molar-refractivity contribution in [1.82, 2.24) is 0 Å². The first-order chi connectivity index (χ1) is 12.3. The van der Waals surface area contributed by atoms with Gasteiger partial charge in [0.1, 0.15) is 5.60 Å². The average Bonchev–Trinajstić information content (AvgIpc) is 2.93. The fourth-order valence-corrected chi connectivity index (χ4v) is 3.16. The third-order valence-corrected chi connectivity index (χ3v) is 4.36. The lowest BCUT2D eigenvalue weighted by molar-refractivity contribution is -0.183. The van der Waals surface area contributed by atoms with Gasteiger partial charge in [0, 0.05) is 12.8 Å². The van der Waals surface area contributed by atoms with Crippen molar-refractivity contribution in [3.63, 3.8) is 0 Å². The first-order valence-electron chi connectivity index (χ1n) is 8.84. The molecule has 0 N–H and O–H groups in total. The average molecular weight is 352 g/mol. The van der Waals surface area contributed by atoms with Crippen LogP contribution in [0, 0.1) is 0 Å². The molecule has 1 saturated heterocycles. The summed E-state index contributed by atoms with van der Waals surface area (Å²) in [7, 11) is 0. The maximum Gasteiger partial charge on any atom is 0.347 e. The van der Waals surface area contributed by atoms with Gasteiger partial charge in [0.15, 0.2) is 5.78 Å². The third kappa shape index (κ3) is 3.86. The third-order valence-electron chi connectivity index (χ3n) is 4.36. The summed E-state index contributed by atoms with van der Waals surface area (Å²) in [6, 6.07) is 19.0. The number of ketones is 1. The van der Waals surface area contributed by atoms with E-state index in [0.29, 0.717) is 0 Å². The summed E-state index contributed by atoms with van der Waals surface area (Å²) in [5.41, 5.74) is -0.551. The lowest BCUT2D eigenvalue weighted by atomic mass is 9.89. The van der Waals surface area contributed by atoms with E-state index in [-0.39, 0.29) is 18.6 Å². The van der Waals surface area contributed by atoms with Crippen LogP contribution in [0.1, 0.15) is 44.4 Å². The normalized spacial score (nSPS) is 23.0. The maximum atomic E-state index is 13.0. The number of hydrogen-bond donors (Lipinski definition) is 0. The molecule has 26 heavy (non-hydrogen) atoms. The predicted molar refractivity (Wildman–Crippen MR) is 98.6 cm³/mol. The Morgan fingerprint density at radius 2 is 1.65 bits per heavy atom. The summed E-state index contributed by atoms with van der Waals surface area (Å²) in [4.78, 5) is 26.0. The second kappa shape index (κ2) is 7.04. The largest absolute Gasteiger partial charge is 0.457 e. The highest BCUT2D eigenvalue weighted by atomic mass is 16.6. The predicted octanol–water partition coefficient (Wildman–Crippen LogP) is 4.04. The van der Waals surface area contributed by atoms with Crippen molar-refractivity contribution in [3.05, 3.63) is 71.8 Å². The van der Waals surface area contributed by atoms with Crippen molar-refractivity contribution in [2.45, 2.75) is 50.9 Å². The van der Waals surface area contributed by atoms with E-state index in [1.54, 1.807) is 20.8 Å². The van der Waals surface area contributed by atoms with Gasteiger partial charge in [-0.05, 0) is 31.9 Å². The van der Waals surface area contributed by atoms with Crippen LogP contribution in [0.2, 0.25) is 0 Å². The molecule has 4 nitrogen and oxygen atoms in total. The molecule has 2 aromatic rings. The van der Waals surface area contributed by atoms with Gasteiger partial charge in [-0.15, -0.1) is 0 Å². The van der Waals surface area contributed by atoms with Gasteiger partial charge < -0.3 is 9.47 Å². The minimum Gasteiger partial charge on any atom is -0.457 e. The number of Topliss-reactive ketones (excluding diaryl/α,β-unsaturated/α-hetero) is 1. The molecule has 0 bridgehead atoms. The van der Waals surface area contributed by atoms with Crippen molar-refractivity contribution in [3.8, 4) is 0 Å². The van der Waals surface area contributed by atoms with Gasteiger partial charge in [0.2, 0.25) is 5.60 Å². The van der Waals surface area contributed by atoms with Crippen LogP contribution < -0.4 is 0 Å². The van der Waals surface area contributed by atoms with Gasteiger partial charge in [-0.25, -0.2) is 4.79 Å². The molecule has 0 unspecified atom stereocenters. The van der Waals surface area contributed by atoms with Gasteiger partial charge in [-0.2, -0.15) is 0 Å². The number of benzene rings is 2. The number of hydrogen-bond acceptors (Lipinski definition) is 4. The van der Waals surface area contributed by atoms with Crippen LogP contribution in [0.3, 0.4) is 0 Å². The van der Waals surface area contributed by atoms with E-state index in [0.717, 1.165) is 11.1 Å². The lowest BCUT2D eigenvalue weighted by Gasteiger charge is -2.30. The zero-order valence-corrected chi connectivity index (χ0v) is 15.4. The second-order valence-electron chi connectivity index (χ2n) is 7.64. The quantitative estimate of drug-likeness (QED) is 0.615. The van der Waals surface area contributed by atoms with Crippen LogP contribution in [0.15, 0.2) is 60.7 Å². The molecule has 0 aliphatic carbocycles. The standard InChI is InChI=1S/C22H24O4/c1-21(2,3)26-20(24)22(15-16-10-6-4-7-11-16)19(23)14-18(25-22)17-12-8-5-9-13-17/h4-13,18H,14-15H2,1-3H3/t18-,22+/m0/s1. The van der Waals surface area contributed by atoms with E-state index >= 15 is 0 Å². The van der Waals surface area contributed by atoms with Crippen LogP contribution >= 0.6 is 0 Å². The van der Waals surface area contributed by atoms with Crippen LogP contribution in [-0.2, 0) is 25.5 Å². The first-order valence-corrected chi connectivity index (χ1v) is 8.84. The molecule has 0 aromatic heterocycles. The Bertz CT molecular complexity index is 777. The van der Waals surface area contributed by atoms with Gasteiger partial charge in [0.25, 0.3) is 0 Å². The van der Waals surface area contributed by atoms with E-state index in [1.165, 1.54) is 0 Å². The molecule has 1 heterocycles. The van der Waals surface area contributed by atoms with E-state index in [9.17, 15) is 9.59 Å². The van der Waals surface area contributed by atoms with Crippen molar-refractivity contribution >= 4 is 11.8 Å². The fraction of sp³-hybridized carbons (Fsp3) is 0.364. The van der Waals surface area contributed by atoms with Crippen molar-refractivity contribution in [1.29, 1.82) is 0 Å². The Kier molecular flexibility index (Phi) is 4.97. The second-order valence-corrected chi connectivity index (χ2v) is 7.64. The van der Waals surface area contributed by atoms with Crippen LogP contribution in [-0.4, -0.2) is 23.0 Å². The van der Waals surface area contributed by atoms with E-state index < -0.39 is 23.3 Å². The number of rotatable bonds is 4. The first kappa shape index (κ1) is 18.3. The monoisotopic (exact) mass is 352 g/mol. The maximum absolute atomic E-state index is 13.0. The highest BCUT2D eigenvalue weighted by Gasteiger charge is 2.56. The molecule has 1 aliphatic heterocycles. The molecule has 2 aromatic carbocycles. The molecular weight excluding hydrogens is 328 g/mol. The van der Waals surface area contributed by atoms with E-state index in [4.69, 9.17) is 9.47 Å². The number of carbonyl (C=O) groups excluding carboxylic acids is 2. The van der Waals surface area contributed by atoms with Gasteiger partial charge in [-0.3, -0.25) is 4.79 Å². The minimum absolute atomic E-state index is 0.163. The molecule has 0 saturated carbocycles. The van der Waals surface area contributed by atoms with Crippen molar-refractivity contribution in [2.75, 3.05) is 0 Å². The topological polar surface area (TPSA) is 52.6 Å². The molecule has 1 aliphatic rings. The zero-order chi connectivity index (χ0) is 18.8. The summed E-state index contributed by atoms with van der Waals surface area (Å²) in [5, 5.41) is 0. The smallest absolute Gasteiger partial charge is 0.347 e. The number of esters is 1. The van der Waals surface area contributed by atoms with Gasteiger partial charge in [0.05, 0.1) is 6.10 Å². The lowest BCUT2D eigenvalue weighted by Crippen LogP contribution is -2.50. The molecular formula is C22H24O4. The van der Waals surface area contributed by atoms with Gasteiger partial charge >= 0.3 is 5.97 Å². The minimum atomic E-state index is -1.60. The molecule has 0 spiro atoms. The van der Waals surface area contributed by atoms with Crippen LogP contribution in [0.25, 0.3) is 0 Å². The Morgan fingerprint density at radius 3 is 2.23 bits per heavy atom. The molecule has 3 rings (SSSR count). The summed E-state index contributed by atoms with van der Waals surface area (Å²) in [6.07, 6.45) is -0.110. The zero-order valence-electron chi connectivity index (χ0n) is 15.4. The SMILES string of the molecule is CC(C)(C)OC(=O)[C@]1(Cc2ccccc2)O[C@H](c2ccccc2)CC1=O. The molecule has 0 radical (unpaired) electrons. The number of carbonyl (C=O) groups is 2. The Labute approximate surface area is 154 Å². The van der Waals surface area contributed by atoms with Gasteiger partial charge in [-0.1, -0.05) is 60.7 Å². The highest BCUT2D eigenvalue weighted by molar-refractivity contribution is 6.09.